The Labute approximate surface area is 74.6 Å². The van der Waals surface area contributed by atoms with Crippen molar-refractivity contribution in [1.82, 2.24) is 4.90 Å². The second kappa shape index (κ2) is 2.63. The van der Waals surface area contributed by atoms with E-state index in [4.69, 9.17) is 5.11 Å². The first-order valence-electron chi connectivity index (χ1n) is 4.14. The largest absolute Gasteiger partial charge is 0.394 e. The number of nitrogens with zero attached hydrogens (tertiary/aromatic N) is 1. The predicted octanol–water partition coefficient (Wildman–Crippen LogP) is -3.55. The lowest BCUT2D eigenvalue weighted by Gasteiger charge is -2.37. The van der Waals surface area contributed by atoms with Crippen molar-refractivity contribution >= 4 is 0 Å². The van der Waals surface area contributed by atoms with Gasteiger partial charge in [0.15, 0.2) is 0 Å². The molecule has 0 aliphatic carbocycles. The summed E-state index contributed by atoms with van der Waals surface area (Å²) < 4.78 is 0. The van der Waals surface area contributed by atoms with Gasteiger partial charge in [-0.2, -0.15) is 0 Å². The fourth-order valence-electron chi connectivity index (χ4n) is 1.98. The number of piperidine rings is 1. The van der Waals surface area contributed by atoms with Crippen molar-refractivity contribution in [1.29, 1.82) is 0 Å². The molecular formula is C7H13NO5. The van der Waals surface area contributed by atoms with Crippen LogP contribution in [0.25, 0.3) is 0 Å². The molecule has 0 saturated carbocycles. The second-order valence-corrected chi connectivity index (χ2v) is 3.73. The van der Waals surface area contributed by atoms with Crippen LogP contribution < -0.4 is 0 Å². The number of hydrogen-bond donors (Lipinski definition) is 5. The molecule has 2 heterocycles. The second-order valence-electron chi connectivity index (χ2n) is 3.73. The summed E-state index contributed by atoms with van der Waals surface area (Å²) in [5.74, 6) is 0. The third kappa shape index (κ3) is 0.983. The molecule has 2 aliphatic rings. The molecule has 0 aromatic rings. The number of fused-ring (bicyclic) bond motifs is 1. The van der Waals surface area contributed by atoms with Crippen LogP contribution in [-0.2, 0) is 0 Å². The smallest absolute Gasteiger partial charge is 0.137 e. The van der Waals surface area contributed by atoms with Gasteiger partial charge in [0, 0.05) is 6.54 Å². The van der Waals surface area contributed by atoms with Crippen molar-refractivity contribution in [3.63, 3.8) is 0 Å². The zero-order chi connectivity index (χ0) is 9.80. The summed E-state index contributed by atoms with van der Waals surface area (Å²) in [4.78, 5) is 1.37. The van der Waals surface area contributed by atoms with Gasteiger partial charge in [-0.15, -0.1) is 0 Å². The van der Waals surface area contributed by atoms with Crippen molar-refractivity contribution in [3.05, 3.63) is 0 Å². The molecule has 13 heavy (non-hydrogen) atoms. The van der Waals surface area contributed by atoms with E-state index < -0.39 is 30.1 Å². The van der Waals surface area contributed by atoms with Gasteiger partial charge in [0.05, 0.1) is 12.1 Å². The quantitative estimate of drug-likeness (QED) is 0.275. The lowest BCUT2D eigenvalue weighted by Crippen LogP contribution is -2.60. The lowest BCUT2D eigenvalue weighted by atomic mass is 9.91. The van der Waals surface area contributed by atoms with Crippen LogP contribution in [0, 0.1) is 0 Å². The Hall–Kier alpha value is -0.240. The zero-order valence-corrected chi connectivity index (χ0v) is 6.91. The molecule has 76 valence electrons. The van der Waals surface area contributed by atoms with Gasteiger partial charge in [0.2, 0.25) is 0 Å². The molecule has 6 heteroatoms. The zero-order valence-electron chi connectivity index (χ0n) is 6.91. The average molecular weight is 191 g/mol. The van der Waals surface area contributed by atoms with E-state index in [0.717, 1.165) is 0 Å². The molecule has 0 bridgehead atoms. The molecule has 0 amide bonds. The normalized spacial score (nSPS) is 60.2. The summed E-state index contributed by atoms with van der Waals surface area (Å²) >= 11 is 0. The van der Waals surface area contributed by atoms with Crippen LogP contribution in [0.15, 0.2) is 0 Å². The first-order valence-corrected chi connectivity index (χ1v) is 4.14. The van der Waals surface area contributed by atoms with Gasteiger partial charge in [-0.3, -0.25) is 4.90 Å². The van der Waals surface area contributed by atoms with Gasteiger partial charge in [0.1, 0.15) is 24.5 Å². The minimum absolute atomic E-state index is 0.292. The van der Waals surface area contributed by atoms with Crippen molar-refractivity contribution in [2.24, 2.45) is 0 Å². The third-order valence-corrected chi connectivity index (χ3v) is 3.04. The first kappa shape index (κ1) is 9.32. The fourth-order valence-corrected chi connectivity index (χ4v) is 1.98. The van der Waals surface area contributed by atoms with Gasteiger partial charge < -0.3 is 25.5 Å². The van der Waals surface area contributed by atoms with Crippen LogP contribution >= 0.6 is 0 Å². The van der Waals surface area contributed by atoms with Gasteiger partial charge in [-0.1, -0.05) is 0 Å². The fraction of sp³-hybridized carbons (Fsp3) is 1.00. The summed E-state index contributed by atoms with van der Waals surface area (Å²) in [5.41, 5.74) is -0.946. The molecule has 0 spiro atoms. The van der Waals surface area contributed by atoms with Gasteiger partial charge in [-0.05, 0) is 0 Å². The van der Waals surface area contributed by atoms with E-state index in [-0.39, 0.29) is 6.61 Å². The topological polar surface area (TPSA) is 104 Å². The highest BCUT2D eigenvalue weighted by molar-refractivity contribution is 5.19. The number of hydrogen-bond acceptors (Lipinski definition) is 6. The molecule has 2 rings (SSSR count). The summed E-state index contributed by atoms with van der Waals surface area (Å²) in [6.45, 7) is -0.0467. The van der Waals surface area contributed by atoms with Crippen LogP contribution in [0.5, 0.6) is 0 Å². The molecule has 2 fully saturated rings. The maximum atomic E-state index is 9.50. The molecule has 6 atom stereocenters. The van der Waals surface area contributed by atoms with Crippen molar-refractivity contribution in [3.8, 4) is 0 Å². The van der Waals surface area contributed by atoms with Crippen LogP contribution in [0.3, 0.4) is 0 Å². The number of aliphatic hydroxyl groups excluding tert-OH is 5. The molecule has 0 radical (unpaired) electrons. The number of rotatable bonds is 1. The summed E-state index contributed by atoms with van der Waals surface area (Å²) in [6.07, 6.45) is -5.19. The van der Waals surface area contributed by atoms with Crippen LogP contribution in [-0.4, -0.2) is 73.7 Å². The molecule has 6 nitrogen and oxygen atoms in total. The molecule has 2 unspecified atom stereocenters. The standard InChI is InChI=1S/C7H13NO5/c9-2-7-1-8(7)6(13)4(11)3(10)5(7)12/h3-6,9-13H,1-2H2/t3-,4-,5+,6?,7-,8?/m1/s1. The predicted molar refractivity (Wildman–Crippen MR) is 40.6 cm³/mol. The van der Waals surface area contributed by atoms with Crippen LogP contribution in [0.1, 0.15) is 0 Å². The Bertz CT molecular complexity index is 225. The molecule has 0 aromatic heterocycles. The van der Waals surface area contributed by atoms with E-state index in [1.165, 1.54) is 4.90 Å². The van der Waals surface area contributed by atoms with E-state index in [0.29, 0.717) is 6.54 Å². The SMILES string of the molecule is OC[C@@]12CN1C(O)[C@H](O)[C@@H](O)[C@@H]2O. The van der Waals surface area contributed by atoms with Gasteiger partial charge >= 0.3 is 0 Å². The Morgan fingerprint density at radius 2 is 1.77 bits per heavy atom. The molecular weight excluding hydrogens is 178 g/mol. The Morgan fingerprint density at radius 3 is 2.31 bits per heavy atom. The third-order valence-electron chi connectivity index (χ3n) is 3.04. The highest BCUT2D eigenvalue weighted by Gasteiger charge is 2.67. The van der Waals surface area contributed by atoms with E-state index in [9.17, 15) is 20.4 Å². The molecule has 2 saturated heterocycles. The molecule has 5 N–H and O–H groups in total. The van der Waals surface area contributed by atoms with Gasteiger partial charge in [-0.25, -0.2) is 0 Å². The minimum Gasteiger partial charge on any atom is -0.394 e. The van der Waals surface area contributed by atoms with Crippen LogP contribution in [0.4, 0.5) is 0 Å². The lowest BCUT2D eigenvalue weighted by molar-refractivity contribution is -0.183. The van der Waals surface area contributed by atoms with E-state index in [1.54, 1.807) is 0 Å². The van der Waals surface area contributed by atoms with Crippen molar-refractivity contribution in [2.75, 3.05) is 13.2 Å². The average Bonchev–Trinajstić information content (AvgIpc) is 2.87. The highest BCUT2D eigenvalue weighted by Crippen LogP contribution is 2.43. The monoisotopic (exact) mass is 191 g/mol. The summed E-state index contributed by atoms with van der Waals surface area (Å²) in [7, 11) is 0. The van der Waals surface area contributed by atoms with Crippen molar-refractivity contribution in [2.45, 2.75) is 30.1 Å². The summed E-state index contributed by atoms with van der Waals surface area (Å²) in [6, 6.07) is 0. The summed E-state index contributed by atoms with van der Waals surface area (Å²) in [5, 5.41) is 46.4. The van der Waals surface area contributed by atoms with E-state index >= 15 is 0 Å². The Balaban J connectivity index is 2.22. The maximum Gasteiger partial charge on any atom is 0.137 e. The molecule has 2 aliphatic heterocycles. The number of aliphatic hydroxyl groups is 5. The van der Waals surface area contributed by atoms with E-state index in [2.05, 4.69) is 0 Å². The maximum absolute atomic E-state index is 9.50. The van der Waals surface area contributed by atoms with Crippen LogP contribution in [0.2, 0.25) is 0 Å². The van der Waals surface area contributed by atoms with E-state index in [1.807, 2.05) is 0 Å². The highest BCUT2D eigenvalue weighted by atomic mass is 16.4. The minimum atomic E-state index is -1.40. The Morgan fingerprint density at radius 1 is 1.15 bits per heavy atom. The van der Waals surface area contributed by atoms with Gasteiger partial charge in [0.25, 0.3) is 0 Å². The van der Waals surface area contributed by atoms with Crippen molar-refractivity contribution < 1.29 is 25.5 Å². The first-order chi connectivity index (χ1) is 6.04. The Kier molecular flexibility index (Phi) is 1.88. The molecule has 0 aromatic carbocycles.